The van der Waals surface area contributed by atoms with Crippen molar-refractivity contribution in [3.8, 4) is 0 Å². The van der Waals surface area contributed by atoms with Gasteiger partial charge in [0.1, 0.15) is 0 Å². The Kier molecular flexibility index (Phi) is 6.05. The highest BCUT2D eigenvalue weighted by Crippen LogP contribution is 2.32. The molecule has 0 radical (unpaired) electrons. The molecule has 1 aliphatic carbocycles. The number of benzene rings is 2. The summed E-state index contributed by atoms with van der Waals surface area (Å²) in [5.74, 6) is 0.590. The van der Waals surface area contributed by atoms with E-state index in [2.05, 4.69) is 41.0 Å². The van der Waals surface area contributed by atoms with Crippen molar-refractivity contribution in [1.29, 1.82) is 0 Å². The van der Waals surface area contributed by atoms with Gasteiger partial charge in [-0.05, 0) is 54.9 Å². The summed E-state index contributed by atoms with van der Waals surface area (Å²) in [7, 11) is 0. The molecule has 1 aliphatic rings. The van der Waals surface area contributed by atoms with Gasteiger partial charge in [-0.15, -0.1) is 0 Å². The number of anilines is 1. The van der Waals surface area contributed by atoms with Crippen molar-refractivity contribution in [2.45, 2.75) is 51.0 Å². The predicted octanol–water partition coefficient (Wildman–Crippen LogP) is 4.03. The third-order valence-corrected chi connectivity index (χ3v) is 5.00. The molecule has 136 valence electrons. The molecule has 26 heavy (non-hydrogen) atoms. The fourth-order valence-corrected chi connectivity index (χ4v) is 3.67. The molecule has 4 nitrogen and oxygen atoms in total. The van der Waals surface area contributed by atoms with Crippen LogP contribution in [0.4, 0.5) is 5.69 Å². The summed E-state index contributed by atoms with van der Waals surface area (Å²) < 4.78 is 0. The van der Waals surface area contributed by atoms with Crippen molar-refractivity contribution < 1.29 is 9.59 Å². The molecule has 0 atom stereocenters. The Hall–Kier alpha value is -2.62. The highest BCUT2D eigenvalue weighted by Gasteiger charge is 2.23. The first-order valence-corrected chi connectivity index (χ1v) is 9.31. The lowest BCUT2D eigenvalue weighted by atomic mass is 9.82. The first-order valence-electron chi connectivity index (χ1n) is 9.31. The maximum Gasteiger partial charge on any atom is 0.224 e. The largest absolute Gasteiger partial charge is 0.353 e. The second-order valence-corrected chi connectivity index (χ2v) is 7.08. The van der Waals surface area contributed by atoms with E-state index in [-0.39, 0.29) is 17.9 Å². The minimum absolute atomic E-state index is 0.0699. The molecule has 1 saturated carbocycles. The molecule has 0 unspecified atom stereocenters. The number of hydrogen-bond donors (Lipinski definition) is 2. The van der Waals surface area contributed by atoms with E-state index >= 15 is 0 Å². The van der Waals surface area contributed by atoms with Crippen LogP contribution < -0.4 is 10.6 Å². The summed E-state index contributed by atoms with van der Waals surface area (Å²) in [6.07, 6.45) is 4.69. The van der Waals surface area contributed by atoms with Crippen molar-refractivity contribution in [1.82, 2.24) is 5.32 Å². The van der Waals surface area contributed by atoms with Gasteiger partial charge in [0.15, 0.2) is 0 Å². The van der Waals surface area contributed by atoms with E-state index in [1.54, 1.807) is 0 Å². The zero-order chi connectivity index (χ0) is 18.4. The molecule has 2 aromatic carbocycles. The smallest absolute Gasteiger partial charge is 0.224 e. The van der Waals surface area contributed by atoms with Gasteiger partial charge in [-0.2, -0.15) is 0 Å². The highest BCUT2D eigenvalue weighted by molar-refractivity contribution is 5.88. The summed E-state index contributed by atoms with van der Waals surface area (Å²) >= 11 is 0. The Labute approximate surface area is 155 Å². The Morgan fingerprint density at radius 3 is 2.19 bits per heavy atom. The van der Waals surface area contributed by atoms with E-state index in [4.69, 9.17) is 0 Å². The first kappa shape index (κ1) is 18.2. The molecule has 0 bridgehead atoms. The maximum absolute atomic E-state index is 12.3. The summed E-state index contributed by atoms with van der Waals surface area (Å²) in [6, 6.07) is 18.4. The minimum Gasteiger partial charge on any atom is -0.353 e. The molecule has 0 aliphatic heterocycles. The van der Waals surface area contributed by atoms with Gasteiger partial charge < -0.3 is 10.6 Å². The lowest BCUT2D eigenvalue weighted by Gasteiger charge is -2.29. The van der Waals surface area contributed by atoms with E-state index in [0.717, 1.165) is 36.9 Å². The molecule has 4 heteroatoms. The summed E-state index contributed by atoms with van der Waals surface area (Å²) in [6.45, 7) is 1.48. The number of nitrogens with one attached hydrogen (secondary N) is 2. The second-order valence-electron chi connectivity index (χ2n) is 7.08. The van der Waals surface area contributed by atoms with Gasteiger partial charge in [-0.1, -0.05) is 42.5 Å². The van der Waals surface area contributed by atoms with Gasteiger partial charge in [0.05, 0.1) is 6.42 Å². The molecule has 1 fully saturated rings. The van der Waals surface area contributed by atoms with E-state index in [9.17, 15) is 9.59 Å². The van der Waals surface area contributed by atoms with Gasteiger partial charge in [0.2, 0.25) is 11.8 Å². The second kappa shape index (κ2) is 8.65. The van der Waals surface area contributed by atoms with Crippen LogP contribution in [0, 0.1) is 0 Å². The molecule has 2 aromatic rings. The fraction of sp³-hybridized carbons (Fsp3) is 0.364. The van der Waals surface area contributed by atoms with E-state index < -0.39 is 0 Å². The van der Waals surface area contributed by atoms with Crippen LogP contribution in [0.15, 0.2) is 54.6 Å². The van der Waals surface area contributed by atoms with Crippen LogP contribution in [0.5, 0.6) is 0 Å². The van der Waals surface area contributed by atoms with E-state index in [1.807, 2.05) is 24.3 Å². The quantitative estimate of drug-likeness (QED) is 0.855. The monoisotopic (exact) mass is 350 g/mol. The summed E-state index contributed by atoms with van der Waals surface area (Å²) in [5, 5.41) is 5.91. The van der Waals surface area contributed by atoms with Gasteiger partial charge >= 0.3 is 0 Å². The van der Waals surface area contributed by atoms with Gasteiger partial charge in [-0.25, -0.2) is 0 Å². The van der Waals surface area contributed by atoms with Crippen LogP contribution in [-0.4, -0.2) is 17.9 Å². The molecule has 2 N–H and O–H groups in total. The topological polar surface area (TPSA) is 58.2 Å². The Bertz CT molecular complexity index is 732. The zero-order valence-electron chi connectivity index (χ0n) is 15.2. The summed E-state index contributed by atoms with van der Waals surface area (Å²) in [4.78, 5) is 23.3. The first-order chi connectivity index (χ1) is 12.6. The minimum atomic E-state index is -0.0957. The third kappa shape index (κ3) is 5.19. The van der Waals surface area contributed by atoms with Gasteiger partial charge in [0, 0.05) is 18.7 Å². The van der Waals surface area contributed by atoms with Crippen LogP contribution in [0.1, 0.15) is 49.7 Å². The average molecular weight is 350 g/mol. The molecule has 0 saturated heterocycles. The van der Waals surface area contributed by atoms with Crippen LogP contribution in [0.2, 0.25) is 0 Å². The van der Waals surface area contributed by atoms with E-state index in [0.29, 0.717) is 12.3 Å². The molecule has 3 rings (SSSR count). The normalized spacial score (nSPS) is 19.6. The number of carbonyl (C=O) groups excluding carboxylic acids is 2. The zero-order valence-corrected chi connectivity index (χ0v) is 15.2. The SMILES string of the molecule is CC(=O)Nc1ccc(CC(=O)NC2CCC(c3ccccc3)CC2)cc1. The molecule has 2 amide bonds. The van der Waals surface area contributed by atoms with Crippen LogP contribution in [0.3, 0.4) is 0 Å². The maximum atomic E-state index is 12.3. The Balaban J connectivity index is 1.45. The lowest BCUT2D eigenvalue weighted by Crippen LogP contribution is -2.38. The van der Waals surface area contributed by atoms with Crippen molar-refractivity contribution in [2.24, 2.45) is 0 Å². The van der Waals surface area contributed by atoms with E-state index in [1.165, 1.54) is 12.5 Å². The van der Waals surface area contributed by atoms with Crippen molar-refractivity contribution in [2.75, 3.05) is 5.32 Å². The standard InChI is InChI=1S/C22H26N2O2/c1-16(25)23-20-11-7-17(8-12-20)15-22(26)24-21-13-9-19(10-14-21)18-5-3-2-4-6-18/h2-8,11-12,19,21H,9-10,13-15H2,1H3,(H,23,25)(H,24,26). The predicted molar refractivity (Wildman–Crippen MR) is 104 cm³/mol. The molecule has 0 aromatic heterocycles. The average Bonchev–Trinajstić information content (AvgIpc) is 2.64. The lowest BCUT2D eigenvalue weighted by molar-refractivity contribution is -0.121. The number of carbonyl (C=O) groups is 2. The van der Waals surface area contributed by atoms with Crippen LogP contribution in [-0.2, 0) is 16.0 Å². The number of rotatable bonds is 5. The third-order valence-electron chi connectivity index (χ3n) is 5.00. The van der Waals surface area contributed by atoms with Gasteiger partial charge in [0.25, 0.3) is 0 Å². The fourth-order valence-electron chi connectivity index (χ4n) is 3.67. The molecule has 0 heterocycles. The van der Waals surface area contributed by atoms with Gasteiger partial charge in [-0.3, -0.25) is 9.59 Å². The van der Waals surface area contributed by atoms with Crippen LogP contribution >= 0.6 is 0 Å². The molecular formula is C22H26N2O2. The van der Waals surface area contributed by atoms with Crippen molar-refractivity contribution >= 4 is 17.5 Å². The molecule has 0 spiro atoms. The Morgan fingerprint density at radius 2 is 1.58 bits per heavy atom. The van der Waals surface area contributed by atoms with Crippen molar-refractivity contribution in [3.05, 3.63) is 65.7 Å². The Morgan fingerprint density at radius 1 is 0.923 bits per heavy atom. The number of amides is 2. The molecular weight excluding hydrogens is 324 g/mol. The summed E-state index contributed by atoms with van der Waals surface area (Å²) in [5.41, 5.74) is 3.12. The van der Waals surface area contributed by atoms with Crippen molar-refractivity contribution in [3.63, 3.8) is 0 Å². The number of hydrogen-bond acceptors (Lipinski definition) is 2. The van der Waals surface area contributed by atoms with Crippen LogP contribution in [0.25, 0.3) is 0 Å². The highest BCUT2D eigenvalue weighted by atomic mass is 16.2.